The molecule has 0 unspecified atom stereocenters. The third kappa shape index (κ3) is 4.07. The van der Waals surface area contributed by atoms with E-state index in [1.54, 1.807) is 50.4 Å². The summed E-state index contributed by atoms with van der Waals surface area (Å²) in [6.07, 6.45) is 8.76. The summed E-state index contributed by atoms with van der Waals surface area (Å²) in [5, 5.41) is 19.2. The highest BCUT2D eigenvalue weighted by molar-refractivity contribution is 6.39. The summed E-state index contributed by atoms with van der Waals surface area (Å²) in [5.74, 6) is 0.560. The van der Waals surface area contributed by atoms with E-state index in [0.717, 1.165) is 16.0 Å². The number of aromatic amines is 1. The van der Waals surface area contributed by atoms with Crippen LogP contribution in [-0.4, -0.2) is 27.2 Å². The molecule has 4 N–H and O–H groups in total. The molecule has 8 heteroatoms. The molecule has 6 nitrogen and oxygen atoms in total. The number of benzene rings is 1. The molecule has 0 aliphatic carbocycles. The van der Waals surface area contributed by atoms with Crippen LogP contribution < -0.4 is 26.6 Å². The minimum absolute atomic E-state index is 0.199. The molecule has 30 heavy (non-hydrogen) atoms. The molecule has 0 bridgehead atoms. The number of nitrogens with zero attached hydrogens (tertiary/aromatic N) is 1. The normalized spacial score (nSPS) is 13.5. The van der Waals surface area contributed by atoms with Gasteiger partial charge in [-0.15, -0.1) is 0 Å². The molecule has 154 valence electrons. The second-order valence-electron chi connectivity index (χ2n) is 7.58. The van der Waals surface area contributed by atoms with E-state index in [1.807, 2.05) is 12.3 Å². The Morgan fingerprint density at radius 3 is 2.67 bits per heavy atom. The summed E-state index contributed by atoms with van der Waals surface area (Å²) in [5.41, 5.74) is 0.703. The molecule has 0 fully saturated rings. The Morgan fingerprint density at radius 2 is 1.97 bits per heavy atom. The topological polar surface area (TPSA) is 90.0 Å². The van der Waals surface area contributed by atoms with Gasteiger partial charge in [-0.25, -0.2) is 4.98 Å². The van der Waals surface area contributed by atoms with Crippen LogP contribution in [0, 0.1) is 0 Å². The fourth-order valence-electron chi connectivity index (χ4n) is 3.27. The summed E-state index contributed by atoms with van der Waals surface area (Å²) in [6, 6.07) is 5.26. The van der Waals surface area contributed by atoms with Gasteiger partial charge in [0, 0.05) is 29.4 Å². The molecular weight excluding hydrogens is 423 g/mol. The Balaban J connectivity index is 1.83. The van der Waals surface area contributed by atoms with E-state index in [1.165, 1.54) is 0 Å². The van der Waals surface area contributed by atoms with Crippen molar-refractivity contribution in [3.05, 3.63) is 66.9 Å². The van der Waals surface area contributed by atoms with Gasteiger partial charge in [-0.3, -0.25) is 4.79 Å². The molecule has 3 heterocycles. The fourth-order valence-corrected chi connectivity index (χ4v) is 3.86. The van der Waals surface area contributed by atoms with E-state index in [-0.39, 0.29) is 5.56 Å². The zero-order valence-electron chi connectivity index (χ0n) is 16.4. The molecular formula is C22H20Cl2N4O2. The highest BCUT2D eigenvalue weighted by atomic mass is 35.5. The van der Waals surface area contributed by atoms with Crippen LogP contribution in [-0.2, 0) is 0 Å². The first-order chi connectivity index (χ1) is 14.2. The number of rotatable bonds is 4. The first kappa shape index (κ1) is 20.5. The van der Waals surface area contributed by atoms with Gasteiger partial charge in [0.2, 0.25) is 0 Å². The van der Waals surface area contributed by atoms with Crippen molar-refractivity contribution in [3.63, 3.8) is 0 Å². The average Bonchev–Trinajstić information content (AvgIpc) is 2.68. The number of aliphatic hydroxyl groups is 1. The third-order valence-corrected chi connectivity index (χ3v) is 5.24. The highest BCUT2D eigenvalue weighted by Crippen LogP contribution is 2.34. The number of halogens is 2. The zero-order valence-corrected chi connectivity index (χ0v) is 17.9. The molecule has 1 aliphatic rings. The van der Waals surface area contributed by atoms with Gasteiger partial charge in [0.1, 0.15) is 5.82 Å². The number of aromatic nitrogens is 2. The Morgan fingerprint density at radius 1 is 1.23 bits per heavy atom. The monoisotopic (exact) mass is 442 g/mol. The molecule has 1 aromatic carbocycles. The Kier molecular flexibility index (Phi) is 5.32. The molecule has 0 radical (unpaired) electrons. The van der Waals surface area contributed by atoms with Gasteiger partial charge in [0.25, 0.3) is 5.56 Å². The van der Waals surface area contributed by atoms with E-state index in [0.29, 0.717) is 39.0 Å². The van der Waals surface area contributed by atoms with Crippen molar-refractivity contribution in [1.82, 2.24) is 15.3 Å². The van der Waals surface area contributed by atoms with Crippen molar-refractivity contribution in [2.24, 2.45) is 0 Å². The Labute approximate surface area is 182 Å². The van der Waals surface area contributed by atoms with E-state index < -0.39 is 5.60 Å². The minimum atomic E-state index is -0.942. The van der Waals surface area contributed by atoms with Crippen molar-refractivity contribution < 1.29 is 5.11 Å². The molecule has 0 saturated heterocycles. The first-order valence-electron chi connectivity index (χ1n) is 9.36. The Bertz CT molecular complexity index is 1330. The van der Waals surface area contributed by atoms with Crippen LogP contribution in [0.15, 0.2) is 35.3 Å². The first-order valence-corrected chi connectivity index (χ1v) is 10.1. The standard InChI is InChI=1S/C22H20Cl2N4O2/c1-22(2,30)6-3-12-9-15(23)19(16(24)10-12)28-20-13-4-7-25-11-14(13)18-17(27-20)5-8-26-21(18)29/h3-6,8-11,25,30H,7H2,1-2H3,(H,26,29)(H,27,28). The molecule has 0 amide bonds. The molecule has 0 spiro atoms. The number of fused-ring (bicyclic) bond motifs is 3. The molecule has 0 saturated carbocycles. The van der Waals surface area contributed by atoms with Crippen LogP contribution >= 0.6 is 23.2 Å². The molecule has 0 atom stereocenters. The maximum atomic E-state index is 12.4. The summed E-state index contributed by atoms with van der Waals surface area (Å²) < 4.78 is 0. The number of anilines is 2. The maximum Gasteiger partial charge on any atom is 0.258 e. The summed E-state index contributed by atoms with van der Waals surface area (Å²) >= 11 is 13.0. The number of nitrogens with one attached hydrogen (secondary N) is 3. The van der Waals surface area contributed by atoms with Gasteiger partial charge >= 0.3 is 0 Å². The van der Waals surface area contributed by atoms with Crippen LogP contribution in [0.25, 0.3) is 29.3 Å². The van der Waals surface area contributed by atoms with Crippen LogP contribution in [0.4, 0.5) is 11.5 Å². The summed E-state index contributed by atoms with van der Waals surface area (Å²) in [4.78, 5) is 19.7. The van der Waals surface area contributed by atoms with Gasteiger partial charge in [0.05, 0.1) is 32.2 Å². The predicted octanol–water partition coefficient (Wildman–Crippen LogP) is 2.88. The lowest BCUT2D eigenvalue weighted by Gasteiger charge is -2.15. The SMILES string of the molecule is CC(C)(O)C=Cc1cc(Cl)c(Nc2nc3cc[nH]c(=O)c3c3c2=CCNC=3)c(Cl)c1. The van der Waals surface area contributed by atoms with Crippen molar-refractivity contribution >= 4 is 64.0 Å². The molecule has 4 rings (SSSR count). The number of hydrogen-bond donors (Lipinski definition) is 4. The van der Waals surface area contributed by atoms with Crippen molar-refractivity contribution in [1.29, 1.82) is 0 Å². The number of H-pyrrole nitrogens is 1. The van der Waals surface area contributed by atoms with Crippen molar-refractivity contribution in [2.45, 2.75) is 19.4 Å². The van der Waals surface area contributed by atoms with Crippen molar-refractivity contribution in [3.8, 4) is 0 Å². The van der Waals surface area contributed by atoms with Gasteiger partial charge in [-0.2, -0.15) is 0 Å². The van der Waals surface area contributed by atoms with Gasteiger partial charge in [-0.05, 0) is 37.6 Å². The lowest BCUT2D eigenvalue weighted by atomic mass is 10.1. The molecule has 2 aromatic heterocycles. The second kappa shape index (κ2) is 7.80. The Hall–Kier alpha value is -2.80. The summed E-state index contributed by atoms with van der Waals surface area (Å²) in [6.45, 7) is 3.98. The van der Waals surface area contributed by atoms with E-state index in [9.17, 15) is 9.90 Å². The highest BCUT2D eigenvalue weighted by Gasteiger charge is 2.14. The van der Waals surface area contributed by atoms with Crippen molar-refractivity contribution in [2.75, 3.05) is 11.9 Å². The zero-order chi connectivity index (χ0) is 21.5. The largest absolute Gasteiger partial charge is 0.387 e. The summed E-state index contributed by atoms with van der Waals surface area (Å²) in [7, 11) is 0. The van der Waals surface area contributed by atoms with Crippen LogP contribution in [0.1, 0.15) is 19.4 Å². The maximum absolute atomic E-state index is 12.4. The smallest absolute Gasteiger partial charge is 0.258 e. The number of pyridine rings is 2. The van der Waals surface area contributed by atoms with Crippen LogP contribution in [0.3, 0.4) is 0 Å². The van der Waals surface area contributed by atoms with Gasteiger partial charge in [0.15, 0.2) is 0 Å². The predicted molar refractivity (Wildman–Crippen MR) is 124 cm³/mol. The van der Waals surface area contributed by atoms with E-state index in [2.05, 4.69) is 20.6 Å². The van der Waals surface area contributed by atoms with E-state index >= 15 is 0 Å². The fraction of sp³-hybridized carbons (Fsp3) is 0.182. The van der Waals surface area contributed by atoms with Gasteiger partial charge in [-0.1, -0.05) is 41.4 Å². The molecule has 1 aliphatic heterocycles. The molecule has 3 aromatic rings. The van der Waals surface area contributed by atoms with Gasteiger partial charge < -0.3 is 20.7 Å². The quantitative estimate of drug-likeness (QED) is 0.498. The second-order valence-corrected chi connectivity index (χ2v) is 8.40. The third-order valence-electron chi connectivity index (χ3n) is 4.65. The van der Waals surface area contributed by atoms with Crippen LogP contribution in [0.5, 0.6) is 0 Å². The van der Waals surface area contributed by atoms with Crippen LogP contribution in [0.2, 0.25) is 10.0 Å². The lowest BCUT2D eigenvalue weighted by Crippen LogP contribution is -2.38. The van der Waals surface area contributed by atoms with E-state index in [4.69, 9.17) is 23.2 Å². The number of hydrogen-bond acceptors (Lipinski definition) is 5. The average molecular weight is 443 g/mol. The lowest BCUT2D eigenvalue weighted by molar-refractivity contribution is 0.134. The minimum Gasteiger partial charge on any atom is -0.387 e.